The summed E-state index contributed by atoms with van der Waals surface area (Å²) in [5, 5.41) is 8.04. The van der Waals surface area contributed by atoms with E-state index in [0.29, 0.717) is 31.5 Å². The molecule has 0 saturated carbocycles. The van der Waals surface area contributed by atoms with Crippen LogP contribution in [0.5, 0.6) is 0 Å². The number of carbonyl (C=O) groups excluding carboxylic acids is 2. The third kappa shape index (κ3) is 2.98. The lowest BCUT2D eigenvalue weighted by molar-refractivity contribution is -0.130. The van der Waals surface area contributed by atoms with Crippen molar-refractivity contribution < 1.29 is 9.59 Å². The number of carbonyl (C=O) groups is 2. The van der Waals surface area contributed by atoms with Crippen molar-refractivity contribution in [3.8, 4) is 0 Å². The Labute approximate surface area is 127 Å². The van der Waals surface area contributed by atoms with Gasteiger partial charge in [0.25, 0.3) is 5.91 Å². The van der Waals surface area contributed by atoms with Gasteiger partial charge in [-0.2, -0.15) is 5.10 Å². The maximum absolute atomic E-state index is 12.0. The van der Waals surface area contributed by atoms with E-state index in [0.717, 1.165) is 11.3 Å². The fourth-order valence-corrected chi connectivity index (χ4v) is 2.35. The summed E-state index contributed by atoms with van der Waals surface area (Å²) in [7, 11) is 1.56. The molecule has 2 amide bonds. The Kier molecular flexibility index (Phi) is 3.86. The van der Waals surface area contributed by atoms with Crippen molar-refractivity contribution in [3.05, 3.63) is 36.3 Å². The maximum Gasteiger partial charge on any atom is 0.267 e. The molecule has 1 N–H and O–H groups in total. The second kappa shape index (κ2) is 5.97. The number of nitrogens with zero attached hydrogens (tertiary/aromatic N) is 4. The molecule has 114 valence electrons. The van der Waals surface area contributed by atoms with Crippen LogP contribution in [0.25, 0.3) is 5.65 Å². The highest BCUT2D eigenvalue weighted by Gasteiger charge is 2.21. The minimum Gasteiger partial charge on any atom is -0.351 e. The van der Waals surface area contributed by atoms with Crippen LogP contribution in [0.3, 0.4) is 0 Å². The van der Waals surface area contributed by atoms with Gasteiger partial charge in [0, 0.05) is 45.2 Å². The number of hydrogen-bond donors (Lipinski definition) is 1. The Hall–Kier alpha value is -2.70. The van der Waals surface area contributed by atoms with Crippen molar-refractivity contribution in [1.29, 1.82) is 0 Å². The summed E-state index contributed by atoms with van der Waals surface area (Å²) in [6.07, 6.45) is 5.26. The van der Waals surface area contributed by atoms with Crippen LogP contribution in [0.4, 0.5) is 0 Å². The van der Waals surface area contributed by atoms with Gasteiger partial charge in [-0.15, -0.1) is 0 Å². The van der Waals surface area contributed by atoms with Crippen LogP contribution >= 0.6 is 0 Å². The van der Waals surface area contributed by atoms with Crippen molar-refractivity contribution >= 4 is 23.2 Å². The molecular formula is C15H17N5O2. The first-order valence-corrected chi connectivity index (χ1v) is 7.18. The lowest BCUT2D eigenvalue weighted by Gasteiger charge is -2.18. The first-order chi connectivity index (χ1) is 10.6. The quantitative estimate of drug-likeness (QED) is 0.898. The van der Waals surface area contributed by atoms with Gasteiger partial charge < -0.3 is 9.72 Å². The zero-order valence-electron chi connectivity index (χ0n) is 12.3. The van der Waals surface area contributed by atoms with Crippen LogP contribution in [0, 0.1) is 0 Å². The first kappa shape index (κ1) is 14.2. The molecule has 0 spiro atoms. The van der Waals surface area contributed by atoms with Gasteiger partial charge >= 0.3 is 0 Å². The van der Waals surface area contributed by atoms with Gasteiger partial charge in [0.1, 0.15) is 11.4 Å². The molecule has 0 unspecified atom stereocenters. The summed E-state index contributed by atoms with van der Waals surface area (Å²) < 4.78 is 1.95. The zero-order valence-corrected chi connectivity index (χ0v) is 12.3. The van der Waals surface area contributed by atoms with E-state index < -0.39 is 0 Å². The van der Waals surface area contributed by atoms with Gasteiger partial charge in [0.15, 0.2) is 0 Å². The number of amides is 2. The van der Waals surface area contributed by atoms with Gasteiger partial charge in [-0.3, -0.25) is 9.59 Å². The summed E-state index contributed by atoms with van der Waals surface area (Å²) in [6.45, 7) is 0.486. The fraction of sp³-hybridized carbons (Fsp3) is 0.333. The average molecular weight is 299 g/mol. The summed E-state index contributed by atoms with van der Waals surface area (Å²) in [5.74, 6) is -0.288. The average Bonchev–Trinajstić information content (AvgIpc) is 2.92. The third-order valence-electron chi connectivity index (χ3n) is 3.55. The molecule has 0 saturated heterocycles. The number of hydrogen-bond acceptors (Lipinski definition) is 4. The number of hydrazone groups is 1. The van der Waals surface area contributed by atoms with E-state index in [4.69, 9.17) is 0 Å². The Morgan fingerprint density at radius 3 is 3.00 bits per heavy atom. The predicted octanol–water partition coefficient (Wildman–Crippen LogP) is 0.601. The molecule has 1 aliphatic rings. The highest BCUT2D eigenvalue weighted by Crippen LogP contribution is 2.07. The molecular weight excluding hydrogens is 282 g/mol. The van der Waals surface area contributed by atoms with Gasteiger partial charge in [0.05, 0.1) is 5.69 Å². The van der Waals surface area contributed by atoms with Gasteiger partial charge in [-0.05, 0) is 12.1 Å². The van der Waals surface area contributed by atoms with E-state index in [1.54, 1.807) is 7.05 Å². The molecule has 0 aromatic carbocycles. The van der Waals surface area contributed by atoms with Gasteiger partial charge in [-0.1, -0.05) is 6.07 Å². The topological polar surface area (TPSA) is 79.1 Å². The molecule has 3 heterocycles. The molecule has 2 aromatic heterocycles. The van der Waals surface area contributed by atoms with E-state index in [2.05, 4.69) is 15.4 Å². The number of imidazole rings is 1. The second-order valence-corrected chi connectivity index (χ2v) is 5.17. The molecule has 1 aliphatic heterocycles. The molecule has 2 aromatic rings. The van der Waals surface area contributed by atoms with Gasteiger partial charge in [0.2, 0.25) is 5.91 Å². The standard InChI is InChI=1S/C15H17N5O2/c1-19-14(21)6-5-12(18-19)15(22)16-8-7-11-10-20-9-3-2-4-13(20)17-11/h2-4,9-10H,5-8H2,1H3,(H,16,22). The van der Waals surface area contributed by atoms with Crippen LogP contribution < -0.4 is 5.32 Å². The van der Waals surface area contributed by atoms with E-state index >= 15 is 0 Å². The molecule has 3 rings (SSSR count). The highest BCUT2D eigenvalue weighted by atomic mass is 16.2. The lowest BCUT2D eigenvalue weighted by Crippen LogP contribution is -2.38. The summed E-state index contributed by atoms with van der Waals surface area (Å²) in [4.78, 5) is 27.8. The summed E-state index contributed by atoms with van der Waals surface area (Å²) >= 11 is 0. The van der Waals surface area contributed by atoms with Gasteiger partial charge in [-0.25, -0.2) is 9.99 Å². The van der Waals surface area contributed by atoms with Crippen molar-refractivity contribution in [1.82, 2.24) is 19.7 Å². The van der Waals surface area contributed by atoms with Crippen molar-refractivity contribution in [2.45, 2.75) is 19.3 Å². The molecule has 0 radical (unpaired) electrons. The van der Waals surface area contributed by atoms with Crippen molar-refractivity contribution in [2.24, 2.45) is 5.10 Å². The van der Waals surface area contributed by atoms with Crippen molar-refractivity contribution in [2.75, 3.05) is 13.6 Å². The smallest absolute Gasteiger partial charge is 0.267 e. The maximum atomic E-state index is 12.0. The Morgan fingerprint density at radius 1 is 1.36 bits per heavy atom. The van der Waals surface area contributed by atoms with Crippen LogP contribution in [-0.4, -0.2) is 45.5 Å². The molecule has 22 heavy (non-hydrogen) atoms. The lowest BCUT2D eigenvalue weighted by atomic mass is 10.1. The van der Waals surface area contributed by atoms with Crippen LogP contribution in [-0.2, 0) is 16.0 Å². The molecule has 7 heteroatoms. The largest absolute Gasteiger partial charge is 0.351 e. The first-order valence-electron chi connectivity index (χ1n) is 7.18. The number of nitrogens with one attached hydrogen (secondary N) is 1. The Bertz CT molecular complexity index is 716. The molecule has 0 bridgehead atoms. The highest BCUT2D eigenvalue weighted by molar-refractivity contribution is 6.39. The Morgan fingerprint density at radius 2 is 2.23 bits per heavy atom. The minimum atomic E-state index is -0.219. The Balaban J connectivity index is 1.55. The van der Waals surface area contributed by atoms with E-state index in [-0.39, 0.29) is 11.8 Å². The predicted molar refractivity (Wildman–Crippen MR) is 81.3 cm³/mol. The molecule has 7 nitrogen and oxygen atoms in total. The fourth-order valence-electron chi connectivity index (χ4n) is 2.35. The van der Waals surface area contributed by atoms with E-state index in [1.807, 2.05) is 35.0 Å². The van der Waals surface area contributed by atoms with Crippen molar-refractivity contribution in [3.63, 3.8) is 0 Å². The molecule has 0 atom stereocenters. The number of fused-ring (bicyclic) bond motifs is 1. The second-order valence-electron chi connectivity index (χ2n) is 5.17. The zero-order chi connectivity index (χ0) is 15.5. The molecule has 0 fully saturated rings. The van der Waals surface area contributed by atoms with Crippen LogP contribution in [0.2, 0.25) is 0 Å². The number of rotatable bonds is 4. The number of pyridine rings is 1. The monoisotopic (exact) mass is 299 g/mol. The third-order valence-corrected chi connectivity index (χ3v) is 3.55. The number of aromatic nitrogens is 2. The van der Waals surface area contributed by atoms with Crippen LogP contribution in [0.1, 0.15) is 18.5 Å². The SMILES string of the molecule is CN1N=C(C(=O)NCCc2cn3ccccc3n2)CCC1=O. The molecule has 0 aliphatic carbocycles. The minimum absolute atomic E-state index is 0.0683. The van der Waals surface area contributed by atoms with Crippen LogP contribution in [0.15, 0.2) is 35.7 Å². The normalized spacial score (nSPS) is 15.0. The summed E-state index contributed by atoms with van der Waals surface area (Å²) in [5.41, 5.74) is 2.21. The van der Waals surface area contributed by atoms with E-state index in [9.17, 15) is 9.59 Å². The summed E-state index contributed by atoms with van der Waals surface area (Å²) in [6, 6.07) is 5.82. The van der Waals surface area contributed by atoms with E-state index in [1.165, 1.54) is 5.01 Å².